The van der Waals surface area contributed by atoms with Gasteiger partial charge < -0.3 is 5.32 Å². The van der Waals surface area contributed by atoms with E-state index in [2.05, 4.69) is 15.3 Å². The Morgan fingerprint density at radius 1 is 1.38 bits per heavy atom. The molecule has 0 saturated heterocycles. The standard InChI is InChI=1S/C14H15FN4O2/c1-3-6-16-14-13(19(20)21)12(17-8-18-14)11-5-4-10(15)7-9(11)2/h4-5,7-8H,3,6H2,1-2H3,(H,16,17,18). The topological polar surface area (TPSA) is 81.0 Å². The Morgan fingerprint density at radius 2 is 2.14 bits per heavy atom. The Bertz CT molecular complexity index is 676. The summed E-state index contributed by atoms with van der Waals surface area (Å²) in [7, 11) is 0. The zero-order valence-corrected chi connectivity index (χ0v) is 11.8. The van der Waals surface area contributed by atoms with Crippen molar-refractivity contribution >= 4 is 11.5 Å². The van der Waals surface area contributed by atoms with Gasteiger partial charge in [-0.25, -0.2) is 14.4 Å². The fraction of sp³-hybridized carbons (Fsp3) is 0.286. The lowest BCUT2D eigenvalue weighted by Crippen LogP contribution is -2.07. The van der Waals surface area contributed by atoms with Crippen LogP contribution in [0.4, 0.5) is 15.9 Å². The van der Waals surface area contributed by atoms with Crippen LogP contribution in [0.5, 0.6) is 0 Å². The summed E-state index contributed by atoms with van der Waals surface area (Å²) in [5.41, 5.74) is 1.09. The molecular weight excluding hydrogens is 275 g/mol. The number of rotatable bonds is 5. The van der Waals surface area contributed by atoms with E-state index in [-0.39, 0.29) is 17.2 Å². The van der Waals surface area contributed by atoms with Crippen molar-refractivity contribution in [2.75, 3.05) is 11.9 Å². The molecule has 1 heterocycles. The zero-order chi connectivity index (χ0) is 15.4. The monoisotopic (exact) mass is 290 g/mol. The SMILES string of the molecule is CCCNc1ncnc(-c2ccc(F)cc2C)c1[N+](=O)[O-]. The van der Waals surface area contributed by atoms with Crippen LogP contribution >= 0.6 is 0 Å². The maximum atomic E-state index is 13.2. The highest BCUT2D eigenvalue weighted by Gasteiger charge is 2.24. The summed E-state index contributed by atoms with van der Waals surface area (Å²) < 4.78 is 13.2. The maximum Gasteiger partial charge on any atom is 0.337 e. The number of nitrogens with one attached hydrogen (secondary N) is 1. The molecular formula is C14H15FN4O2. The lowest BCUT2D eigenvalue weighted by Gasteiger charge is -2.09. The van der Waals surface area contributed by atoms with Crippen molar-refractivity contribution in [3.05, 3.63) is 46.0 Å². The summed E-state index contributed by atoms with van der Waals surface area (Å²) in [5.74, 6) is -0.215. The number of aromatic nitrogens is 2. The largest absolute Gasteiger partial charge is 0.364 e. The number of aryl methyl sites for hydroxylation is 1. The van der Waals surface area contributed by atoms with Gasteiger partial charge in [-0.05, 0) is 37.1 Å². The number of hydrogen-bond acceptors (Lipinski definition) is 5. The fourth-order valence-electron chi connectivity index (χ4n) is 2.01. The predicted octanol–water partition coefficient (Wildman–Crippen LogP) is 3.32. The van der Waals surface area contributed by atoms with E-state index in [1.165, 1.54) is 24.5 Å². The molecule has 1 N–H and O–H groups in total. The molecule has 0 aliphatic rings. The number of benzene rings is 1. The van der Waals surface area contributed by atoms with Gasteiger partial charge in [-0.3, -0.25) is 10.1 Å². The van der Waals surface area contributed by atoms with Crippen molar-refractivity contribution in [1.29, 1.82) is 0 Å². The van der Waals surface area contributed by atoms with Gasteiger partial charge in [0, 0.05) is 12.1 Å². The van der Waals surface area contributed by atoms with Crippen LogP contribution in [0.15, 0.2) is 24.5 Å². The molecule has 7 heteroatoms. The van der Waals surface area contributed by atoms with Gasteiger partial charge in [-0.2, -0.15) is 0 Å². The van der Waals surface area contributed by atoms with E-state index in [1.54, 1.807) is 6.92 Å². The van der Waals surface area contributed by atoms with Gasteiger partial charge >= 0.3 is 5.69 Å². The van der Waals surface area contributed by atoms with Crippen LogP contribution in [0.25, 0.3) is 11.3 Å². The Kier molecular flexibility index (Phi) is 4.42. The van der Waals surface area contributed by atoms with E-state index in [4.69, 9.17) is 0 Å². The second-order valence-electron chi connectivity index (χ2n) is 4.56. The molecule has 0 bridgehead atoms. The van der Waals surface area contributed by atoms with Crippen molar-refractivity contribution in [1.82, 2.24) is 9.97 Å². The maximum absolute atomic E-state index is 13.2. The van der Waals surface area contributed by atoms with Gasteiger partial charge in [-0.15, -0.1) is 0 Å². The van der Waals surface area contributed by atoms with Gasteiger partial charge in [0.05, 0.1) is 4.92 Å². The van der Waals surface area contributed by atoms with Gasteiger partial charge in [-0.1, -0.05) is 6.92 Å². The van der Waals surface area contributed by atoms with Gasteiger partial charge in [0.15, 0.2) is 5.69 Å². The van der Waals surface area contributed by atoms with Crippen LogP contribution in [0.3, 0.4) is 0 Å². The summed E-state index contributed by atoms with van der Waals surface area (Å²) >= 11 is 0. The number of hydrogen-bond donors (Lipinski definition) is 1. The molecule has 0 fully saturated rings. The Balaban J connectivity index is 2.59. The zero-order valence-electron chi connectivity index (χ0n) is 11.8. The first-order valence-corrected chi connectivity index (χ1v) is 6.54. The minimum atomic E-state index is -0.518. The summed E-state index contributed by atoms with van der Waals surface area (Å²) in [6, 6.07) is 4.07. The first-order valence-electron chi connectivity index (χ1n) is 6.54. The molecule has 0 unspecified atom stereocenters. The van der Waals surface area contributed by atoms with E-state index in [0.29, 0.717) is 17.7 Å². The average molecular weight is 290 g/mol. The van der Waals surface area contributed by atoms with Crippen LogP contribution in [0, 0.1) is 22.9 Å². The fourth-order valence-corrected chi connectivity index (χ4v) is 2.01. The van der Waals surface area contributed by atoms with Crippen molar-refractivity contribution < 1.29 is 9.31 Å². The molecule has 0 saturated carbocycles. The molecule has 2 aromatic rings. The molecule has 1 aromatic heterocycles. The van der Waals surface area contributed by atoms with Crippen LogP contribution < -0.4 is 5.32 Å². The summed E-state index contributed by atoms with van der Waals surface area (Å²) in [5, 5.41) is 14.3. The molecule has 6 nitrogen and oxygen atoms in total. The first kappa shape index (κ1) is 14.8. The molecule has 0 aliphatic carbocycles. The molecule has 0 aliphatic heterocycles. The highest BCUT2D eigenvalue weighted by atomic mass is 19.1. The highest BCUT2D eigenvalue weighted by molar-refractivity contribution is 5.78. The Morgan fingerprint density at radius 3 is 2.76 bits per heavy atom. The number of nitrogens with zero attached hydrogens (tertiary/aromatic N) is 3. The van der Waals surface area contributed by atoms with E-state index in [0.717, 1.165) is 6.42 Å². The molecule has 0 atom stereocenters. The third-order valence-corrected chi connectivity index (χ3v) is 2.99. The average Bonchev–Trinajstić information content (AvgIpc) is 2.44. The summed E-state index contributed by atoms with van der Waals surface area (Å²) in [4.78, 5) is 18.8. The highest BCUT2D eigenvalue weighted by Crippen LogP contribution is 2.34. The van der Waals surface area contributed by atoms with Gasteiger partial charge in [0.25, 0.3) is 0 Å². The minimum absolute atomic E-state index is 0.176. The molecule has 21 heavy (non-hydrogen) atoms. The molecule has 2 rings (SSSR count). The quantitative estimate of drug-likeness (QED) is 0.674. The normalized spacial score (nSPS) is 10.4. The lowest BCUT2D eigenvalue weighted by atomic mass is 10.0. The smallest absolute Gasteiger partial charge is 0.337 e. The first-order chi connectivity index (χ1) is 10.0. The van der Waals surface area contributed by atoms with E-state index < -0.39 is 10.7 Å². The molecule has 110 valence electrons. The van der Waals surface area contributed by atoms with Crippen LogP contribution in [0.2, 0.25) is 0 Å². The molecule has 1 aromatic carbocycles. The Labute approximate surface area is 121 Å². The van der Waals surface area contributed by atoms with E-state index in [9.17, 15) is 14.5 Å². The molecule has 0 amide bonds. The van der Waals surface area contributed by atoms with Crippen molar-refractivity contribution in [3.8, 4) is 11.3 Å². The second kappa shape index (κ2) is 6.25. The molecule has 0 radical (unpaired) electrons. The van der Waals surface area contributed by atoms with Crippen molar-refractivity contribution in [3.63, 3.8) is 0 Å². The number of halogens is 1. The summed E-state index contributed by atoms with van der Waals surface area (Å²) in [6.07, 6.45) is 2.08. The van der Waals surface area contributed by atoms with Crippen molar-refractivity contribution in [2.24, 2.45) is 0 Å². The number of nitro groups is 1. The summed E-state index contributed by atoms with van der Waals surface area (Å²) in [6.45, 7) is 4.20. The third kappa shape index (κ3) is 3.13. The second-order valence-corrected chi connectivity index (χ2v) is 4.56. The predicted molar refractivity (Wildman–Crippen MR) is 77.6 cm³/mol. The minimum Gasteiger partial charge on any atom is -0.364 e. The number of anilines is 1. The van der Waals surface area contributed by atoms with E-state index >= 15 is 0 Å². The van der Waals surface area contributed by atoms with Gasteiger partial charge in [0.2, 0.25) is 5.82 Å². The van der Waals surface area contributed by atoms with E-state index in [1.807, 2.05) is 6.92 Å². The van der Waals surface area contributed by atoms with Crippen LogP contribution in [0.1, 0.15) is 18.9 Å². The molecule has 0 spiro atoms. The lowest BCUT2D eigenvalue weighted by molar-refractivity contribution is -0.383. The van der Waals surface area contributed by atoms with Crippen LogP contribution in [-0.2, 0) is 0 Å². The Hall–Kier alpha value is -2.57. The van der Waals surface area contributed by atoms with Crippen LogP contribution in [-0.4, -0.2) is 21.4 Å². The third-order valence-electron chi connectivity index (χ3n) is 2.99. The van der Waals surface area contributed by atoms with Crippen molar-refractivity contribution in [2.45, 2.75) is 20.3 Å². The van der Waals surface area contributed by atoms with Gasteiger partial charge in [0.1, 0.15) is 12.1 Å².